The minimum absolute atomic E-state index is 0.133. The molecule has 1 aliphatic carbocycles. The number of hydrogen-bond donors (Lipinski definition) is 3. The smallest absolute Gasteiger partial charge is 0.469 e. The molecule has 1 aromatic heterocycles. The van der Waals surface area contributed by atoms with Gasteiger partial charge in [0.1, 0.15) is 5.75 Å². The van der Waals surface area contributed by atoms with Gasteiger partial charge < -0.3 is 20.3 Å². The van der Waals surface area contributed by atoms with Crippen LogP contribution in [-0.4, -0.2) is 33.5 Å². The second-order valence-corrected chi connectivity index (χ2v) is 8.69. The van der Waals surface area contributed by atoms with Gasteiger partial charge in [0.2, 0.25) is 0 Å². The second kappa shape index (κ2) is 9.16. The molecule has 0 saturated heterocycles. The largest absolute Gasteiger partial charge is 0.494 e. The molecule has 7 nitrogen and oxygen atoms in total. The number of ether oxygens (including phenoxy) is 1. The molecule has 152 valence electrons. The first-order chi connectivity index (χ1) is 13.3. The fraction of sp³-hybridized carbons (Fsp3) is 0.450. The minimum atomic E-state index is -4.49. The van der Waals surface area contributed by atoms with Gasteiger partial charge in [0.05, 0.1) is 13.2 Å². The van der Waals surface area contributed by atoms with Crippen molar-refractivity contribution in [3.8, 4) is 5.75 Å². The van der Waals surface area contributed by atoms with Crippen molar-refractivity contribution in [3.05, 3.63) is 59.9 Å². The number of nitrogens with zero attached hydrogens (tertiary/aromatic N) is 1. The highest BCUT2D eigenvalue weighted by atomic mass is 31.2. The van der Waals surface area contributed by atoms with Gasteiger partial charge >= 0.3 is 7.82 Å². The van der Waals surface area contributed by atoms with Crippen LogP contribution in [0.3, 0.4) is 0 Å². The number of rotatable bonds is 9. The van der Waals surface area contributed by atoms with E-state index in [0.29, 0.717) is 19.4 Å². The zero-order valence-corrected chi connectivity index (χ0v) is 16.6. The van der Waals surface area contributed by atoms with Crippen molar-refractivity contribution in [3.63, 3.8) is 0 Å². The molecule has 2 atom stereocenters. The molecular weight excluding hydrogens is 379 g/mol. The van der Waals surface area contributed by atoms with Crippen molar-refractivity contribution in [2.24, 2.45) is 5.73 Å². The van der Waals surface area contributed by atoms with E-state index in [-0.39, 0.29) is 12.5 Å². The summed E-state index contributed by atoms with van der Waals surface area (Å²) in [6.07, 6.45) is 7.67. The summed E-state index contributed by atoms with van der Waals surface area (Å²) in [5.74, 6) is 1.08. The summed E-state index contributed by atoms with van der Waals surface area (Å²) in [5, 5.41) is 0. The monoisotopic (exact) mass is 406 g/mol. The third-order valence-corrected chi connectivity index (χ3v) is 5.58. The Morgan fingerprint density at radius 3 is 2.71 bits per heavy atom. The van der Waals surface area contributed by atoms with Gasteiger partial charge in [-0.1, -0.05) is 18.2 Å². The van der Waals surface area contributed by atoms with E-state index in [0.717, 1.165) is 30.6 Å². The van der Waals surface area contributed by atoms with Gasteiger partial charge in [-0.3, -0.25) is 9.51 Å². The fourth-order valence-corrected chi connectivity index (χ4v) is 4.06. The standard InChI is InChI=1S/C20H27N2O5P/c21-20(15-27-28(23,24)25)10-9-18(13-20)17-5-7-19(8-6-17)26-12-2-4-16-3-1-11-22-14-16/h1,3,5-8,11,14,18H,2,4,9-10,12-13,15,21H2,(H2,23,24,25)/t18-,20-/m1/s1. The van der Waals surface area contributed by atoms with Crippen molar-refractivity contribution in [1.29, 1.82) is 0 Å². The second-order valence-electron chi connectivity index (χ2n) is 7.45. The van der Waals surface area contributed by atoms with Gasteiger partial charge in [-0.2, -0.15) is 0 Å². The number of aryl methyl sites for hydroxylation is 1. The van der Waals surface area contributed by atoms with Crippen molar-refractivity contribution < 1.29 is 23.6 Å². The van der Waals surface area contributed by atoms with Crippen LogP contribution >= 0.6 is 7.82 Å². The Balaban J connectivity index is 1.44. The summed E-state index contributed by atoms with van der Waals surface area (Å²) in [6.45, 7) is 0.509. The SMILES string of the molecule is N[C@]1(COP(=O)(O)O)CC[C@@H](c2ccc(OCCCc3cccnc3)cc2)C1. The molecule has 4 N–H and O–H groups in total. The summed E-state index contributed by atoms with van der Waals surface area (Å²) in [4.78, 5) is 21.9. The lowest BCUT2D eigenvalue weighted by Crippen LogP contribution is -2.41. The number of hydrogen-bond acceptors (Lipinski definition) is 5. The van der Waals surface area contributed by atoms with Crippen LogP contribution < -0.4 is 10.5 Å². The van der Waals surface area contributed by atoms with Crippen molar-refractivity contribution in [1.82, 2.24) is 4.98 Å². The quantitative estimate of drug-likeness (QED) is 0.433. The summed E-state index contributed by atoms with van der Waals surface area (Å²) in [5.41, 5.74) is 7.92. The van der Waals surface area contributed by atoms with E-state index in [4.69, 9.17) is 20.3 Å². The fourth-order valence-electron chi connectivity index (χ4n) is 3.63. The predicted octanol–water partition coefficient (Wildman–Crippen LogP) is 3.17. The van der Waals surface area contributed by atoms with E-state index >= 15 is 0 Å². The molecule has 1 aromatic carbocycles. The molecule has 1 fully saturated rings. The molecule has 1 saturated carbocycles. The Hall–Kier alpha value is -1.76. The van der Waals surface area contributed by atoms with Crippen LogP contribution in [0, 0.1) is 0 Å². The zero-order chi connectivity index (χ0) is 20.0. The van der Waals surface area contributed by atoms with Crippen LogP contribution in [0.4, 0.5) is 0 Å². The normalized spacial score (nSPS) is 22.3. The van der Waals surface area contributed by atoms with Gasteiger partial charge in [-0.25, -0.2) is 4.57 Å². The van der Waals surface area contributed by atoms with E-state index in [1.807, 2.05) is 36.5 Å². The van der Waals surface area contributed by atoms with Crippen LogP contribution in [-0.2, 0) is 15.5 Å². The van der Waals surface area contributed by atoms with Gasteiger partial charge in [-0.05, 0) is 67.3 Å². The molecule has 0 amide bonds. The molecule has 3 rings (SSSR count). The van der Waals surface area contributed by atoms with Gasteiger partial charge in [0.25, 0.3) is 0 Å². The van der Waals surface area contributed by atoms with Crippen LogP contribution in [0.5, 0.6) is 5.75 Å². The van der Waals surface area contributed by atoms with Gasteiger partial charge in [0.15, 0.2) is 0 Å². The number of phosphoric acid groups is 1. The van der Waals surface area contributed by atoms with Crippen molar-refractivity contribution in [2.45, 2.75) is 43.6 Å². The highest BCUT2D eigenvalue weighted by molar-refractivity contribution is 7.46. The van der Waals surface area contributed by atoms with Crippen LogP contribution in [0.2, 0.25) is 0 Å². The Kier molecular flexibility index (Phi) is 6.86. The van der Waals surface area contributed by atoms with Gasteiger partial charge in [0, 0.05) is 17.9 Å². The highest BCUT2D eigenvalue weighted by Crippen LogP contribution is 2.43. The molecule has 8 heteroatoms. The Morgan fingerprint density at radius 2 is 2.04 bits per heavy atom. The average molecular weight is 406 g/mol. The van der Waals surface area contributed by atoms with Crippen LogP contribution in [0.15, 0.2) is 48.8 Å². The zero-order valence-electron chi connectivity index (χ0n) is 15.7. The first kappa shape index (κ1) is 21.0. The van der Waals surface area contributed by atoms with Crippen molar-refractivity contribution >= 4 is 7.82 Å². The molecule has 0 aliphatic heterocycles. The maximum atomic E-state index is 10.9. The molecule has 1 aliphatic rings. The van der Waals surface area contributed by atoms with E-state index in [9.17, 15) is 4.57 Å². The maximum absolute atomic E-state index is 10.9. The Bertz CT molecular complexity index is 796. The number of pyridine rings is 1. The molecular formula is C20H27N2O5P. The van der Waals surface area contributed by atoms with E-state index in [1.54, 1.807) is 6.20 Å². The molecule has 0 radical (unpaired) electrons. The topological polar surface area (TPSA) is 115 Å². The predicted molar refractivity (Wildman–Crippen MR) is 106 cm³/mol. The van der Waals surface area contributed by atoms with E-state index in [2.05, 4.69) is 15.6 Å². The number of benzene rings is 1. The summed E-state index contributed by atoms with van der Waals surface area (Å²) in [6, 6.07) is 12.0. The molecule has 0 unspecified atom stereocenters. The molecule has 0 bridgehead atoms. The number of phosphoric ester groups is 1. The molecule has 28 heavy (non-hydrogen) atoms. The third kappa shape index (κ3) is 6.40. The minimum Gasteiger partial charge on any atom is -0.494 e. The molecule has 0 spiro atoms. The Labute approximate surface area is 165 Å². The summed E-state index contributed by atoms with van der Waals surface area (Å²) in [7, 11) is -4.49. The lowest BCUT2D eigenvalue weighted by atomic mass is 9.94. The van der Waals surface area contributed by atoms with E-state index < -0.39 is 13.4 Å². The van der Waals surface area contributed by atoms with Gasteiger partial charge in [-0.15, -0.1) is 0 Å². The lowest BCUT2D eigenvalue weighted by Gasteiger charge is -2.24. The summed E-state index contributed by atoms with van der Waals surface area (Å²) < 4.78 is 21.3. The number of nitrogens with two attached hydrogens (primary N) is 1. The average Bonchev–Trinajstić information content (AvgIpc) is 3.07. The van der Waals surface area contributed by atoms with E-state index in [1.165, 1.54) is 5.56 Å². The Morgan fingerprint density at radius 1 is 1.25 bits per heavy atom. The molecule has 2 aromatic rings. The molecule has 1 heterocycles. The van der Waals surface area contributed by atoms with Crippen LogP contribution in [0.1, 0.15) is 42.7 Å². The lowest BCUT2D eigenvalue weighted by molar-refractivity contribution is 0.153. The summed E-state index contributed by atoms with van der Waals surface area (Å²) >= 11 is 0. The highest BCUT2D eigenvalue weighted by Gasteiger charge is 2.38. The first-order valence-electron chi connectivity index (χ1n) is 9.44. The number of aromatic nitrogens is 1. The maximum Gasteiger partial charge on any atom is 0.469 e. The third-order valence-electron chi connectivity index (χ3n) is 5.12. The first-order valence-corrected chi connectivity index (χ1v) is 11.0. The van der Waals surface area contributed by atoms with Crippen molar-refractivity contribution in [2.75, 3.05) is 13.2 Å². The van der Waals surface area contributed by atoms with Crippen LogP contribution in [0.25, 0.3) is 0 Å².